The van der Waals surface area contributed by atoms with Crippen LogP contribution in [0.5, 0.6) is 0 Å². The minimum atomic E-state index is 0.0776. The number of likely N-dealkylation sites (tertiary alicyclic amines) is 1. The summed E-state index contributed by atoms with van der Waals surface area (Å²) in [6.45, 7) is 6.71. The number of nitrogens with zero attached hydrogens (tertiary/aromatic N) is 2. The van der Waals surface area contributed by atoms with Crippen LogP contribution in [0.25, 0.3) is 0 Å². The van der Waals surface area contributed by atoms with Gasteiger partial charge in [-0.3, -0.25) is 0 Å². The number of amides is 2. The van der Waals surface area contributed by atoms with Gasteiger partial charge in [-0.05, 0) is 25.7 Å². The molecule has 1 aromatic rings. The predicted octanol–water partition coefficient (Wildman–Crippen LogP) is 2.44. The number of nitrogens with one attached hydrogen (secondary N) is 1. The molecule has 2 rings (SSSR count). The molecule has 1 N–H and O–H groups in total. The Kier molecular flexibility index (Phi) is 4.58. The van der Waals surface area contributed by atoms with Crippen molar-refractivity contribution in [1.29, 1.82) is 0 Å². The van der Waals surface area contributed by atoms with E-state index in [0.717, 1.165) is 49.0 Å². The molecule has 1 aliphatic heterocycles. The van der Waals surface area contributed by atoms with Gasteiger partial charge in [0.2, 0.25) is 0 Å². The molecule has 0 aliphatic carbocycles. The van der Waals surface area contributed by atoms with Crippen molar-refractivity contribution < 1.29 is 4.79 Å². The van der Waals surface area contributed by atoms with Gasteiger partial charge in [-0.15, -0.1) is 11.3 Å². The first-order valence-electron chi connectivity index (χ1n) is 6.59. The minimum absolute atomic E-state index is 0.0776. The van der Waals surface area contributed by atoms with Gasteiger partial charge in [-0.1, -0.05) is 6.92 Å². The molecule has 0 saturated carbocycles. The fourth-order valence-corrected chi connectivity index (χ4v) is 2.79. The number of carbonyl (C=O) groups is 1. The molecular weight excluding hydrogens is 246 g/mol. The summed E-state index contributed by atoms with van der Waals surface area (Å²) in [5.74, 6) is 0.757. The molecule has 2 amide bonds. The van der Waals surface area contributed by atoms with E-state index in [4.69, 9.17) is 0 Å². The number of piperidine rings is 1. The van der Waals surface area contributed by atoms with Crippen molar-refractivity contribution >= 4 is 17.4 Å². The third kappa shape index (κ3) is 3.70. The lowest BCUT2D eigenvalue weighted by Crippen LogP contribution is -2.44. The molecule has 0 spiro atoms. The van der Waals surface area contributed by atoms with Gasteiger partial charge < -0.3 is 10.2 Å². The number of urea groups is 1. The molecule has 0 bridgehead atoms. The van der Waals surface area contributed by atoms with Gasteiger partial charge >= 0.3 is 6.03 Å². The highest BCUT2D eigenvalue weighted by atomic mass is 32.1. The van der Waals surface area contributed by atoms with Crippen molar-refractivity contribution in [3.05, 3.63) is 16.1 Å². The predicted molar refractivity (Wildman–Crippen MR) is 73.9 cm³/mol. The zero-order chi connectivity index (χ0) is 13.0. The highest BCUT2D eigenvalue weighted by Crippen LogP contribution is 2.15. The van der Waals surface area contributed by atoms with Crippen molar-refractivity contribution in [2.75, 3.05) is 19.6 Å². The normalized spacial score (nSPS) is 16.9. The molecule has 1 saturated heterocycles. The first-order chi connectivity index (χ1) is 8.65. The first kappa shape index (κ1) is 13.3. The fourth-order valence-electron chi connectivity index (χ4n) is 2.14. The lowest BCUT2D eigenvalue weighted by molar-refractivity contribution is 0.174. The number of aromatic nitrogens is 1. The van der Waals surface area contributed by atoms with Crippen LogP contribution in [0.4, 0.5) is 4.79 Å². The zero-order valence-corrected chi connectivity index (χ0v) is 11.9. The summed E-state index contributed by atoms with van der Waals surface area (Å²) in [6, 6.07) is 0.0776. The number of rotatable bonds is 3. The second kappa shape index (κ2) is 6.18. The SMILES string of the molecule is Cc1nc(CCNC(=O)N2CCC(C)CC2)cs1. The Balaban J connectivity index is 1.68. The zero-order valence-electron chi connectivity index (χ0n) is 11.1. The molecule has 4 nitrogen and oxygen atoms in total. The third-order valence-corrected chi connectivity index (χ3v) is 4.22. The van der Waals surface area contributed by atoms with Crippen LogP contribution in [-0.4, -0.2) is 35.5 Å². The van der Waals surface area contributed by atoms with E-state index in [1.807, 2.05) is 11.8 Å². The molecule has 0 atom stereocenters. The highest BCUT2D eigenvalue weighted by Gasteiger charge is 2.19. The van der Waals surface area contributed by atoms with Gasteiger partial charge in [0.05, 0.1) is 10.7 Å². The molecule has 0 unspecified atom stereocenters. The summed E-state index contributed by atoms with van der Waals surface area (Å²) >= 11 is 1.66. The van der Waals surface area contributed by atoms with E-state index in [9.17, 15) is 4.79 Å². The van der Waals surface area contributed by atoms with Gasteiger partial charge in [0.15, 0.2) is 0 Å². The van der Waals surface area contributed by atoms with Crippen molar-refractivity contribution in [3.8, 4) is 0 Å². The maximum absolute atomic E-state index is 11.9. The van der Waals surface area contributed by atoms with Gasteiger partial charge in [0, 0.05) is 31.4 Å². The van der Waals surface area contributed by atoms with Crippen LogP contribution < -0.4 is 5.32 Å². The Morgan fingerprint density at radius 1 is 1.56 bits per heavy atom. The van der Waals surface area contributed by atoms with Gasteiger partial charge in [0.25, 0.3) is 0 Å². The first-order valence-corrected chi connectivity index (χ1v) is 7.47. The van der Waals surface area contributed by atoms with E-state index in [0.29, 0.717) is 6.54 Å². The van der Waals surface area contributed by atoms with Crippen LogP contribution in [0.3, 0.4) is 0 Å². The van der Waals surface area contributed by atoms with Crippen molar-refractivity contribution in [2.24, 2.45) is 5.92 Å². The van der Waals surface area contributed by atoms with E-state index in [1.165, 1.54) is 0 Å². The molecule has 5 heteroatoms. The van der Waals surface area contributed by atoms with Crippen molar-refractivity contribution in [3.63, 3.8) is 0 Å². The lowest BCUT2D eigenvalue weighted by Gasteiger charge is -2.30. The topological polar surface area (TPSA) is 45.2 Å². The Bertz CT molecular complexity index is 397. The maximum Gasteiger partial charge on any atom is 0.317 e. The summed E-state index contributed by atoms with van der Waals surface area (Å²) in [7, 11) is 0. The number of carbonyl (C=O) groups excluding carboxylic acids is 1. The Labute approximate surface area is 112 Å². The van der Waals surface area contributed by atoms with Crippen LogP contribution >= 0.6 is 11.3 Å². The van der Waals surface area contributed by atoms with Gasteiger partial charge in [-0.25, -0.2) is 9.78 Å². The Hall–Kier alpha value is -1.10. The summed E-state index contributed by atoms with van der Waals surface area (Å²) in [4.78, 5) is 18.2. The average molecular weight is 267 g/mol. The second-order valence-corrected chi connectivity index (χ2v) is 6.07. The molecule has 100 valence electrons. The number of hydrogen-bond acceptors (Lipinski definition) is 3. The molecule has 1 fully saturated rings. The molecule has 2 heterocycles. The van der Waals surface area contributed by atoms with Gasteiger partial charge in [0.1, 0.15) is 0 Å². The largest absolute Gasteiger partial charge is 0.338 e. The summed E-state index contributed by atoms with van der Waals surface area (Å²) < 4.78 is 0. The lowest BCUT2D eigenvalue weighted by atomic mass is 10.00. The summed E-state index contributed by atoms with van der Waals surface area (Å²) in [5, 5.41) is 6.12. The molecule has 0 radical (unpaired) electrons. The van der Waals surface area contributed by atoms with Crippen LogP contribution in [0.15, 0.2) is 5.38 Å². The standard InChI is InChI=1S/C13H21N3OS/c1-10-4-7-16(8-5-10)13(17)14-6-3-12-9-18-11(2)15-12/h9-10H,3-8H2,1-2H3,(H,14,17). The van der Waals surface area contributed by atoms with E-state index < -0.39 is 0 Å². The number of hydrogen-bond donors (Lipinski definition) is 1. The van der Waals surface area contributed by atoms with Gasteiger partial charge in [-0.2, -0.15) is 0 Å². The molecule has 1 aliphatic rings. The smallest absolute Gasteiger partial charge is 0.317 e. The number of aryl methyl sites for hydroxylation is 1. The highest BCUT2D eigenvalue weighted by molar-refractivity contribution is 7.09. The second-order valence-electron chi connectivity index (χ2n) is 5.01. The minimum Gasteiger partial charge on any atom is -0.338 e. The quantitative estimate of drug-likeness (QED) is 0.914. The van der Waals surface area contributed by atoms with Crippen molar-refractivity contribution in [1.82, 2.24) is 15.2 Å². The van der Waals surface area contributed by atoms with Crippen molar-refractivity contribution in [2.45, 2.75) is 33.1 Å². The summed E-state index contributed by atoms with van der Waals surface area (Å²) in [5.41, 5.74) is 1.07. The average Bonchev–Trinajstić information content (AvgIpc) is 2.76. The Morgan fingerprint density at radius 2 is 2.28 bits per heavy atom. The molecular formula is C13H21N3OS. The third-order valence-electron chi connectivity index (χ3n) is 3.39. The summed E-state index contributed by atoms with van der Waals surface area (Å²) in [6.07, 6.45) is 3.07. The van der Waals surface area contributed by atoms with E-state index in [2.05, 4.69) is 22.6 Å². The van der Waals surface area contributed by atoms with E-state index in [1.54, 1.807) is 11.3 Å². The fraction of sp³-hybridized carbons (Fsp3) is 0.692. The molecule has 1 aromatic heterocycles. The monoisotopic (exact) mass is 267 g/mol. The van der Waals surface area contributed by atoms with Crippen LogP contribution in [0.2, 0.25) is 0 Å². The van der Waals surface area contributed by atoms with Crippen LogP contribution in [0.1, 0.15) is 30.5 Å². The number of thiazole rings is 1. The molecule has 18 heavy (non-hydrogen) atoms. The van der Waals surface area contributed by atoms with E-state index in [-0.39, 0.29) is 6.03 Å². The van der Waals surface area contributed by atoms with E-state index >= 15 is 0 Å². The maximum atomic E-state index is 11.9. The van der Waals surface area contributed by atoms with Crippen LogP contribution in [-0.2, 0) is 6.42 Å². The Morgan fingerprint density at radius 3 is 2.89 bits per heavy atom. The molecule has 0 aromatic carbocycles. The van der Waals surface area contributed by atoms with Crippen LogP contribution in [0, 0.1) is 12.8 Å².